The van der Waals surface area contributed by atoms with Gasteiger partial charge in [-0.1, -0.05) is 6.07 Å². The Morgan fingerprint density at radius 2 is 2.20 bits per heavy atom. The first-order valence-electron chi connectivity index (χ1n) is 6.81. The molecule has 0 fully saturated rings. The van der Waals surface area contributed by atoms with Crippen LogP contribution in [-0.2, 0) is 6.42 Å². The third kappa shape index (κ3) is 2.18. The highest BCUT2D eigenvalue weighted by atomic mass is 16.5. The molecule has 3 rings (SSSR count). The summed E-state index contributed by atoms with van der Waals surface area (Å²) in [6, 6.07) is 7.57. The Bertz CT molecular complexity index is 604. The molecule has 104 valence electrons. The molecular weight excluding hydrogens is 254 g/mol. The third-order valence-corrected chi connectivity index (χ3v) is 3.69. The molecule has 2 heterocycles. The van der Waals surface area contributed by atoms with E-state index in [0.29, 0.717) is 5.56 Å². The topological polar surface area (TPSA) is 42.7 Å². The summed E-state index contributed by atoms with van der Waals surface area (Å²) in [5.41, 5.74) is 2.65. The average molecular weight is 271 g/mol. The van der Waals surface area contributed by atoms with Gasteiger partial charge in [-0.3, -0.25) is 4.79 Å². The van der Waals surface area contributed by atoms with Crippen molar-refractivity contribution in [2.45, 2.75) is 19.3 Å². The molecule has 0 aliphatic carbocycles. The molecule has 0 saturated heterocycles. The molecule has 0 saturated carbocycles. The molecule has 2 aromatic rings. The van der Waals surface area contributed by atoms with Gasteiger partial charge in [-0.05, 0) is 37.5 Å². The molecule has 0 radical (unpaired) electrons. The van der Waals surface area contributed by atoms with Gasteiger partial charge in [-0.15, -0.1) is 0 Å². The summed E-state index contributed by atoms with van der Waals surface area (Å²) in [4.78, 5) is 14.4. The summed E-state index contributed by atoms with van der Waals surface area (Å²) >= 11 is 0. The van der Waals surface area contributed by atoms with Crippen LogP contribution in [0.1, 0.15) is 28.8 Å². The van der Waals surface area contributed by atoms with Gasteiger partial charge in [0.25, 0.3) is 5.91 Å². The molecule has 0 spiro atoms. The second-order valence-corrected chi connectivity index (χ2v) is 4.88. The zero-order chi connectivity index (χ0) is 13.9. The zero-order valence-electron chi connectivity index (χ0n) is 11.5. The lowest BCUT2D eigenvalue weighted by Gasteiger charge is -2.23. The lowest BCUT2D eigenvalue weighted by Crippen LogP contribution is -2.31. The van der Waals surface area contributed by atoms with E-state index in [1.165, 1.54) is 12.5 Å². The van der Waals surface area contributed by atoms with Crippen molar-refractivity contribution in [2.24, 2.45) is 0 Å². The molecule has 4 heteroatoms. The number of nitrogens with zero attached hydrogens (tertiary/aromatic N) is 1. The Morgan fingerprint density at radius 3 is 2.95 bits per heavy atom. The maximum Gasteiger partial charge on any atom is 0.261 e. The van der Waals surface area contributed by atoms with Crippen molar-refractivity contribution in [1.82, 2.24) is 0 Å². The highest BCUT2D eigenvalue weighted by molar-refractivity contribution is 6.06. The van der Waals surface area contributed by atoms with Gasteiger partial charge in [0, 0.05) is 12.1 Å². The molecule has 1 aliphatic heterocycles. The first-order valence-corrected chi connectivity index (χ1v) is 6.81. The molecule has 1 aliphatic rings. The van der Waals surface area contributed by atoms with E-state index in [1.807, 2.05) is 23.1 Å². The number of carbonyl (C=O) groups excluding carboxylic acids is 1. The monoisotopic (exact) mass is 271 g/mol. The lowest BCUT2D eigenvalue weighted by atomic mass is 10.1. The average Bonchev–Trinajstić information content (AvgIpc) is 2.93. The van der Waals surface area contributed by atoms with Crippen LogP contribution in [0.4, 0.5) is 5.69 Å². The number of methoxy groups -OCH3 is 1. The second-order valence-electron chi connectivity index (χ2n) is 4.88. The van der Waals surface area contributed by atoms with Gasteiger partial charge in [0.05, 0.1) is 24.6 Å². The van der Waals surface area contributed by atoms with Crippen LogP contribution < -0.4 is 9.64 Å². The number of amides is 1. The van der Waals surface area contributed by atoms with Gasteiger partial charge < -0.3 is 14.1 Å². The summed E-state index contributed by atoms with van der Waals surface area (Å²) in [5.74, 6) is 0.838. The number of anilines is 1. The Morgan fingerprint density at radius 1 is 1.30 bits per heavy atom. The third-order valence-electron chi connectivity index (χ3n) is 3.69. The van der Waals surface area contributed by atoms with Crippen LogP contribution in [0, 0.1) is 0 Å². The fraction of sp³-hybridized carbons (Fsp3) is 0.312. The van der Waals surface area contributed by atoms with Crippen LogP contribution in [0.5, 0.6) is 5.75 Å². The van der Waals surface area contributed by atoms with E-state index in [4.69, 9.17) is 9.15 Å². The summed E-state index contributed by atoms with van der Waals surface area (Å²) in [6.07, 6.45) is 6.00. The maximum atomic E-state index is 12.6. The number of fused-ring (bicyclic) bond motifs is 1. The molecule has 0 atom stereocenters. The number of furan rings is 1. The van der Waals surface area contributed by atoms with Crippen molar-refractivity contribution >= 4 is 11.6 Å². The fourth-order valence-electron chi connectivity index (χ4n) is 2.69. The fourth-order valence-corrected chi connectivity index (χ4v) is 2.69. The van der Waals surface area contributed by atoms with Gasteiger partial charge in [0.15, 0.2) is 0 Å². The smallest absolute Gasteiger partial charge is 0.261 e. The zero-order valence-corrected chi connectivity index (χ0v) is 11.5. The number of rotatable bonds is 2. The van der Waals surface area contributed by atoms with Gasteiger partial charge in [0.1, 0.15) is 12.0 Å². The van der Waals surface area contributed by atoms with Crippen molar-refractivity contribution in [3.63, 3.8) is 0 Å². The largest absolute Gasteiger partial charge is 0.496 e. The van der Waals surface area contributed by atoms with Crippen LogP contribution in [-0.4, -0.2) is 19.6 Å². The second kappa shape index (κ2) is 5.41. The maximum absolute atomic E-state index is 12.6. The van der Waals surface area contributed by atoms with Crippen molar-refractivity contribution in [2.75, 3.05) is 18.6 Å². The van der Waals surface area contributed by atoms with E-state index < -0.39 is 0 Å². The minimum Gasteiger partial charge on any atom is -0.496 e. The Balaban J connectivity index is 2.03. The minimum absolute atomic E-state index is 0.0184. The van der Waals surface area contributed by atoms with E-state index in [1.54, 1.807) is 13.2 Å². The van der Waals surface area contributed by atoms with Crippen molar-refractivity contribution in [3.05, 3.63) is 47.9 Å². The Hall–Kier alpha value is -2.23. The predicted octanol–water partition coefficient (Wildman–Crippen LogP) is 3.27. The van der Waals surface area contributed by atoms with Gasteiger partial charge >= 0.3 is 0 Å². The van der Waals surface area contributed by atoms with E-state index in [0.717, 1.165) is 42.8 Å². The van der Waals surface area contributed by atoms with E-state index in [9.17, 15) is 4.79 Å². The predicted molar refractivity (Wildman–Crippen MR) is 76.3 cm³/mol. The molecule has 20 heavy (non-hydrogen) atoms. The molecule has 0 unspecified atom stereocenters. The summed E-state index contributed by atoms with van der Waals surface area (Å²) in [6.45, 7) is 0.726. The molecule has 1 aromatic carbocycles. The molecular formula is C16H17NO3. The van der Waals surface area contributed by atoms with E-state index in [2.05, 4.69) is 0 Å². The molecule has 0 N–H and O–H groups in total. The van der Waals surface area contributed by atoms with Gasteiger partial charge in [-0.25, -0.2) is 0 Å². The van der Waals surface area contributed by atoms with Gasteiger partial charge in [0.2, 0.25) is 0 Å². The van der Waals surface area contributed by atoms with Crippen LogP contribution in [0.3, 0.4) is 0 Å². The van der Waals surface area contributed by atoms with Crippen LogP contribution in [0.25, 0.3) is 0 Å². The number of ether oxygens (including phenoxy) is 1. The number of hydrogen-bond donors (Lipinski definition) is 0. The highest BCUT2D eigenvalue weighted by Crippen LogP contribution is 2.34. The van der Waals surface area contributed by atoms with Crippen molar-refractivity contribution in [1.29, 1.82) is 0 Å². The quantitative estimate of drug-likeness (QED) is 0.842. The number of hydrogen-bond acceptors (Lipinski definition) is 3. The Labute approximate surface area is 118 Å². The molecule has 1 amide bonds. The summed E-state index contributed by atoms with van der Waals surface area (Å²) in [7, 11) is 1.67. The van der Waals surface area contributed by atoms with Crippen LogP contribution >= 0.6 is 0 Å². The lowest BCUT2D eigenvalue weighted by molar-refractivity contribution is 0.0986. The molecule has 1 aromatic heterocycles. The van der Waals surface area contributed by atoms with Crippen LogP contribution in [0.15, 0.2) is 41.2 Å². The minimum atomic E-state index is -0.0184. The molecule has 0 bridgehead atoms. The van der Waals surface area contributed by atoms with Gasteiger partial charge in [-0.2, -0.15) is 0 Å². The summed E-state index contributed by atoms with van der Waals surface area (Å²) in [5, 5.41) is 0. The SMILES string of the molecule is COc1cccc2c1CCCCN2C(=O)c1ccoc1. The highest BCUT2D eigenvalue weighted by Gasteiger charge is 2.24. The van der Waals surface area contributed by atoms with Crippen LogP contribution in [0.2, 0.25) is 0 Å². The Kier molecular flexibility index (Phi) is 3.46. The van der Waals surface area contributed by atoms with Crippen molar-refractivity contribution in [3.8, 4) is 5.75 Å². The van der Waals surface area contributed by atoms with Crippen molar-refractivity contribution < 1.29 is 13.9 Å². The summed E-state index contributed by atoms with van der Waals surface area (Å²) < 4.78 is 10.4. The van der Waals surface area contributed by atoms with E-state index >= 15 is 0 Å². The standard InChI is InChI=1S/C16H17NO3/c1-19-15-7-4-6-14-13(15)5-2-3-9-17(14)16(18)12-8-10-20-11-12/h4,6-8,10-11H,2-3,5,9H2,1H3. The first-order chi connectivity index (χ1) is 9.81. The van der Waals surface area contributed by atoms with E-state index in [-0.39, 0.29) is 5.91 Å². The normalized spacial score (nSPS) is 14.6. The number of carbonyl (C=O) groups is 1. The first kappa shape index (κ1) is 12.8. The molecule has 4 nitrogen and oxygen atoms in total. The number of benzene rings is 1.